The number of para-hydroxylation sites is 1. The smallest absolute Gasteiger partial charge is 0.222 e. The third-order valence-electron chi connectivity index (χ3n) is 7.91. The first-order valence-corrected chi connectivity index (χ1v) is 12.5. The lowest BCUT2D eigenvalue weighted by molar-refractivity contribution is -0.132. The highest BCUT2D eigenvalue weighted by molar-refractivity contribution is 5.76. The highest BCUT2D eigenvalue weighted by Gasteiger charge is 2.34. The molecule has 0 unspecified atom stereocenters. The number of benzene rings is 1. The van der Waals surface area contributed by atoms with Crippen molar-refractivity contribution in [3.05, 3.63) is 29.8 Å². The Morgan fingerprint density at radius 1 is 1.00 bits per heavy atom. The average molecular weight is 429 g/mol. The van der Waals surface area contributed by atoms with Crippen molar-refractivity contribution in [1.82, 2.24) is 9.80 Å². The Morgan fingerprint density at radius 2 is 1.77 bits per heavy atom. The maximum absolute atomic E-state index is 13.1. The molecule has 0 spiro atoms. The molecule has 0 radical (unpaired) electrons. The van der Waals surface area contributed by atoms with E-state index in [0.717, 1.165) is 64.0 Å². The molecule has 2 bridgehead atoms. The van der Waals surface area contributed by atoms with Crippen molar-refractivity contribution in [2.45, 2.75) is 70.8 Å². The number of ether oxygens (including phenoxy) is 1. The first-order chi connectivity index (χ1) is 15.2. The molecule has 1 saturated heterocycles. The zero-order chi connectivity index (χ0) is 21.5. The predicted octanol–water partition coefficient (Wildman–Crippen LogP) is 4.23. The number of aliphatic hydroxyl groups is 1. The van der Waals surface area contributed by atoms with Gasteiger partial charge in [-0.05, 0) is 69.0 Å². The van der Waals surface area contributed by atoms with Crippen LogP contribution in [0.25, 0.3) is 0 Å². The van der Waals surface area contributed by atoms with E-state index >= 15 is 0 Å². The van der Waals surface area contributed by atoms with Crippen LogP contribution in [-0.4, -0.2) is 60.2 Å². The summed E-state index contributed by atoms with van der Waals surface area (Å²) in [6.07, 6.45) is 10.9. The summed E-state index contributed by atoms with van der Waals surface area (Å²) in [7, 11) is 0. The Kier molecular flexibility index (Phi) is 7.89. The Hall–Kier alpha value is -1.59. The monoisotopic (exact) mass is 428 g/mol. The van der Waals surface area contributed by atoms with Gasteiger partial charge in [0.1, 0.15) is 12.4 Å². The summed E-state index contributed by atoms with van der Waals surface area (Å²) < 4.78 is 6.20. The van der Waals surface area contributed by atoms with Gasteiger partial charge in [-0.1, -0.05) is 37.5 Å². The van der Waals surface area contributed by atoms with Gasteiger partial charge < -0.3 is 14.7 Å². The van der Waals surface area contributed by atoms with Crippen LogP contribution in [0.1, 0.15) is 69.8 Å². The summed E-state index contributed by atoms with van der Waals surface area (Å²) in [5, 5.41) is 10.2. The molecule has 0 atom stereocenters. The van der Waals surface area contributed by atoms with Crippen LogP contribution in [0.15, 0.2) is 24.3 Å². The highest BCUT2D eigenvalue weighted by atomic mass is 16.5. The number of amides is 1. The molecular weight excluding hydrogens is 388 g/mol. The number of nitrogens with zero attached hydrogens (tertiary/aromatic N) is 2. The van der Waals surface area contributed by atoms with Gasteiger partial charge in [-0.2, -0.15) is 0 Å². The Morgan fingerprint density at radius 3 is 2.55 bits per heavy atom. The summed E-state index contributed by atoms with van der Waals surface area (Å²) in [6.45, 7) is 5.25. The van der Waals surface area contributed by atoms with Gasteiger partial charge in [0.25, 0.3) is 0 Å². The van der Waals surface area contributed by atoms with E-state index in [9.17, 15) is 9.90 Å². The minimum Gasteiger partial charge on any atom is -0.491 e. The summed E-state index contributed by atoms with van der Waals surface area (Å²) >= 11 is 0. The van der Waals surface area contributed by atoms with Crippen molar-refractivity contribution in [3.8, 4) is 5.75 Å². The molecule has 1 aliphatic carbocycles. The molecule has 3 heterocycles. The van der Waals surface area contributed by atoms with Crippen LogP contribution >= 0.6 is 0 Å². The van der Waals surface area contributed by atoms with Crippen LogP contribution in [0.3, 0.4) is 0 Å². The number of rotatable bonds is 3. The molecule has 5 nitrogen and oxygen atoms in total. The molecule has 1 saturated carbocycles. The van der Waals surface area contributed by atoms with Crippen LogP contribution in [0, 0.1) is 11.3 Å². The van der Waals surface area contributed by atoms with Gasteiger partial charge in [-0.3, -0.25) is 9.69 Å². The summed E-state index contributed by atoms with van der Waals surface area (Å²) in [5.41, 5.74) is 1.28. The maximum atomic E-state index is 13.1. The molecule has 5 rings (SSSR count). The summed E-state index contributed by atoms with van der Waals surface area (Å²) in [5.74, 6) is 1.82. The lowest BCUT2D eigenvalue weighted by atomic mass is 9.75. The fourth-order valence-electron chi connectivity index (χ4n) is 5.71. The van der Waals surface area contributed by atoms with Crippen LogP contribution in [0.5, 0.6) is 5.75 Å². The topological polar surface area (TPSA) is 53.0 Å². The molecular formula is C26H40N2O3. The molecule has 1 aromatic carbocycles. The number of hydrogen-bond donors (Lipinski definition) is 1. The lowest BCUT2D eigenvalue weighted by Gasteiger charge is -2.41. The number of carbonyl (C=O) groups excluding carboxylic acids is 1. The van der Waals surface area contributed by atoms with Crippen molar-refractivity contribution in [2.24, 2.45) is 11.3 Å². The van der Waals surface area contributed by atoms with Crippen molar-refractivity contribution in [3.63, 3.8) is 0 Å². The first-order valence-electron chi connectivity index (χ1n) is 12.5. The number of hydrogen-bond acceptors (Lipinski definition) is 4. The second-order valence-electron chi connectivity index (χ2n) is 10.1. The standard InChI is InChI=1S/C26H40N2O3/c29-21-26-11-5-6-14-28(25(30)19-22-7-1-2-8-22)17-18-31-24-10-4-3-9-23(24)20-27(15-12-26)16-13-26/h3-4,9-10,22,29H,1-2,5-8,11-21H2. The Labute approximate surface area is 187 Å². The molecule has 1 N–H and O–H groups in total. The quantitative estimate of drug-likeness (QED) is 0.783. The normalized spacial score (nSPS) is 28.4. The number of piperidine rings is 1. The van der Waals surface area contributed by atoms with E-state index in [2.05, 4.69) is 23.1 Å². The van der Waals surface area contributed by atoms with Gasteiger partial charge >= 0.3 is 0 Å². The first kappa shape index (κ1) is 22.6. The Bertz CT molecular complexity index is 708. The van der Waals surface area contributed by atoms with Gasteiger partial charge in [-0.25, -0.2) is 0 Å². The maximum Gasteiger partial charge on any atom is 0.222 e. The van der Waals surface area contributed by atoms with Crippen molar-refractivity contribution in [2.75, 3.05) is 39.4 Å². The number of aliphatic hydroxyl groups excluding tert-OH is 1. The fourth-order valence-corrected chi connectivity index (χ4v) is 5.71. The molecule has 5 heteroatoms. The number of carbonyl (C=O) groups is 1. The molecule has 2 fully saturated rings. The van der Waals surface area contributed by atoms with E-state index < -0.39 is 0 Å². The van der Waals surface area contributed by atoms with E-state index in [4.69, 9.17) is 4.74 Å². The van der Waals surface area contributed by atoms with Crippen LogP contribution in [-0.2, 0) is 11.3 Å². The van der Waals surface area contributed by atoms with E-state index in [1.165, 1.54) is 31.2 Å². The molecule has 4 aliphatic rings. The van der Waals surface area contributed by atoms with E-state index in [1.807, 2.05) is 11.0 Å². The molecule has 1 aromatic rings. The SMILES string of the molecule is O=C(CC1CCCC1)N1CCCCC2(CO)CCN(CC2)Cc2ccccc2OCC1. The van der Waals surface area contributed by atoms with E-state index in [-0.39, 0.29) is 12.0 Å². The molecule has 172 valence electrons. The average Bonchev–Trinajstić information content (AvgIpc) is 3.30. The van der Waals surface area contributed by atoms with Gasteiger partial charge in [0.15, 0.2) is 0 Å². The van der Waals surface area contributed by atoms with Crippen LogP contribution in [0.2, 0.25) is 0 Å². The highest BCUT2D eigenvalue weighted by Crippen LogP contribution is 2.37. The second kappa shape index (κ2) is 10.8. The second-order valence-corrected chi connectivity index (χ2v) is 10.1. The molecule has 0 aromatic heterocycles. The summed E-state index contributed by atoms with van der Waals surface area (Å²) in [6, 6.07) is 8.32. The summed E-state index contributed by atoms with van der Waals surface area (Å²) in [4.78, 5) is 17.6. The minimum atomic E-state index is 0.0609. The van der Waals surface area contributed by atoms with Crippen molar-refractivity contribution < 1.29 is 14.6 Å². The van der Waals surface area contributed by atoms with Crippen molar-refractivity contribution in [1.29, 1.82) is 0 Å². The van der Waals surface area contributed by atoms with Crippen molar-refractivity contribution >= 4 is 5.91 Å². The molecule has 1 amide bonds. The zero-order valence-electron chi connectivity index (χ0n) is 19.1. The number of fused-ring (bicyclic) bond motifs is 9. The van der Waals surface area contributed by atoms with Crippen LogP contribution < -0.4 is 4.74 Å². The van der Waals surface area contributed by atoms with E-state index in [1.54, 1.807) is 0 Å². The largest absolute Gasteiger partial charge is 0.491 e. The fraction of sp³-hybridized carbons (Fsp3) is 0.731. The lowest BCUT2D eigenvalue weighted by Crippen LogP contribution is -2.41. The Balaban J connectivity index is 1.46. The minimum absolute atomic E-state index is 0.0609. The van der Waals surface area contributed by atoms with Gasteiger partial charge in [0.05, 0.1) is 6.54 Å². The molecule has 31 heavy (non-hydrogen) atoms. The van der Waals surface area contributed by atoms with Gasteiger partial charge in [0, 0.05) is 31.7 Å². The predicted molar refractivity (Wildman–Crippen MR) is 123 cm³/mol. The third kappa shape index (κ3) is 6.01. The molecule has 3 aliphatic heterocycles. The van der Waals surface area contributed by atoms with E-state index in [0.29, 0.717) is 31.4 Å². The third-order valence-corrected chi connectivity index (χ3v) is 7.91. The van der Waals surface area contributed by atoms with Gasteiger partial charge in [0.2, 0.25) is 5.91 Å². The zero-order valence-corrected chi connectivity index (χ0v) is 19.1. The van der Waals surface area contributed by atoms with Gasteiger partial charge in [-0.15, -0.1) is 0 Å². The van der Waals surface area contributed by atoms with Crippen LogP contribution in [0.4, 0.5) is 0 Å².